The van der Waals surface area contributed by atoms with Gasteiger partial charge in [0.25, 0.3) is 0 Å². The van der Waals surface area contributed by atoms with Gasteiger partial charge < -0.3 is 0 Å². The Bertz CT molecular complexity index is 657. The predicted octanol–water partition coefficient (Wildman–Crippen LogP) is 4.91. The monoisotopic (exact) mass is 302 g/mol. The van der Waals surface area contributed by atoms with Gasteiger partial charge >= 0.3 is 0 Å². The first-order valence-corrected chi connectivity index (χ1v) is 7.88. The third kappa shape index (κ3) is 2.88. The van der Waals surface area contributed by atoms with Crippen LogP contribution in [0.5, 0.6) is 0 Å². The summed E-state index contributed by atoms with van der Waals surface area (Å²) in [6.07, 6.45) is 9.62. The summed E-state index contributed by atoms with van der Waals surface area (Å²) in [6.45, 7) is 1.54. The summed E-state index contributed by atoms with van der Waals surface area (Å²) in [5.74, 6) is 1.19. The Morgan fingerprint density at radius 2 is 2.05 bits per heavy atom. The van der Waals surface area contributed by atoms with Crippen LogP contribution < -0.4 is 0 Å². The maximum absolute atomic E-state index is 11.7. The molecule has 0 N–H and O–H groups in total. The van der Waals surface area contributed by atoms with Crippen LogP contribution in [0.4, 0.5) is 0 Å². The zero-order valence-corrected chi connectivity index (χ0v) is 12.9. The van der Waals surface area contributed by atoms with E-state index < -0.39 is 0 Å². The van der Waals surface area contributed by atoms with Crippen LogP contribution in [0.1, 0.15) is 55.3 Å². The van der Waals surface area contributed by atoms with Crippen molar-refractivity contribution in [2.24, 2.45) is 0 Å². The lowest BCUT2D eigenvalue weighted by molar-refractivity contribution is 0.0938. The van der Waals surface area contributed by atoms with Gasteiger partial charge in [0.2, 0.25) is 5.91 Å². The average molecular weight is 303 g/mol. The molecule has 3 rings (SSSR count). The first kappa shape index (κ1) is 14.3. The molecule has 0 atom stereocenters. The van der Waals surface area contributed by atoms with Crippen molar-refractivity contribution in [2.45, 2.75) is 44.9 Å². The topological polar surface area (TPSA) is 34.9 Å². The third-order valence-corrected chi connectivity index (χ3v) is 4.62. The number of imidazole rings is 1. The van der Waals surface area contributed by atoms with Crippen LogP contribution in [0.2, 0.25) is 5.02 Å². The van der Waals surface area contributed by atoms with Crippen molar-refractivity contribution in [1.29, 1.82) is 0 Å². The Hall–Kier alpha value is -1.61. The van der Waals surface area contributed by atoms with Gasteiger partial charge in [0.15, 0.2) is 0 Å². The maximum atomic E-state index is 11.7. The number of halogens is 1. The quantitative estimate of drug-likeness (QED) is 0.790. The number of carbonyl (C=O) groups excluding carboxylic acids is 1. The highest BCUT2D eigenvalue weighted by atomic mass is 35.5. The molecule has 3 nitrogen and oxygen atoms in total. The Morgan fingerprint density at radius 1 is 1.29 bits per heavy atom. The van der Waals surface area contributed by atoms with Crippen molar-refractivity contribution in [3.63, 3.8) is 0 Å². The van der Waals surface area contributed by atoms with Gasteiger partial charge in [-0.25, -0.2) is 4.98 Å². The largest absolute Gasteiger partial charge is 0.274 e. The molecule has 1 fully saturated rings. The van der Waals surface area contributed by atoms with Crippen molar-refractivity contribution in [2.75, 3.05) is 0 Å². The van der Waals surface area contributed by atoms with E-state index in [4.69, 9.17) is 11.6 Å². The Labute approximate surface area is 130 Å². The average Bonchev–Trinajstić information content (AvgIpc) is 2.98. The molecular formula is C17H19ClN2O. The number of benzene rings is 1. The van der Waals surface area contributed by atoms with Gasteiger partial charge in [-0.05, 0) is 42.5 Å². The minimum Gasteiger partial charge on any atom is -0.274 e. The molecule has 1 heterocycles. The smallest absolute Gasteiger partial charge is 0.229 e. The van der Waals surface area contributed by atoms with E-state index in [0.717, 1.165) is 10.6 Å². The van der Waals surface area contributed by atoms with E-state index in [2.05, 4.69) is 11.1 Å². The van der Waals surface area contributed by atoms with E-state index in [1.165, 1.54) is 37.7 Å². The first-order chi connectivity index (χ1) is 10.2. The maximum Gasteiger partial charge on any atom is 0.229 e. The number of hydrogen-bond donors (Lipinski definition) is 0. The van der Waals surface area contributed by atoms with Gasteiger partial charge in [0.1, 0.15) is 5.82 Å². The molecule has 0 amide bonds. The van der Waals surface area contributed by atoms with E-state index in [9.17, 15) is 4.79 Å². The number of rotatable bonds is 2. The summed E-state index contributed by atoms with van der Waals surface area (Å²) < 4.78 is 1.58. The number of carbonyl (C=O) groups is 1. The highest BCUT2D eigenvalue weighted by Crippen LogP contribution is 2.38. The van der Waals surface area contributed by atoms with Crippen LogP contribution in [-0.4, -0.2) is 15.5 Å². The molecule has 4 heteroatoms. The van der Waals surface area contributed by atoms with Crippen molar-refractivity contribution >= 4 is 17.5 Å². The highest BCUT2D eigenvalue weighted by molar-refractivity contribution is 6.31. The van der Waals surface area contributed by atoms with Crippen LogP contribution in [0, 0.1) is 0 Å². The summed E-state index contributed by atoms with van der Waals surface area (Å²) in [6, 6.07) is 5.98. The molecule has 1 aromatic heterocycles. The van der Waals surface area contributed by atoms with Gasteiger partial charge in [-0.1, -0.05) is 30.9 Å². The second-order valence-corrected chi connectivity index (χ2v) is 6.12. The fraction of sp³-hybridized carbons (Fsp3) is 0.412. The second-order valence-electron chi connectivity index (χ2n) is 5.71. The van der Waals surface area contributed by atoms with Crippen LogP contribution in [0.15, 0.2) is 30.6 Å². The molecule has 2 aromatic rings. The van der Waals surface area contributed by atoms with E-state index in [1.54, 1.807) is 23.9 Å². The second kappa shape index (κ2) is 6.02. The van der Waals surface area contributed by atoms with Gasteiger partial charge in [-0.15, -0.1) is 0 Å². The molecule has 0 bridgehead atoms. The molecule has 0 spiro atoms. The number of hydrogen-bond acceptors (Lipinski definition) is 2. The van der Waals surface area contributed by atoms with Crippen LogP contribution in [0.3, 0.4) is 0 Å². The van der Waals surface area contributed by atoms with Crippen LogP contribution in [-0.2, 0) is 0 Å². The summed E-state index contributed by atoms with van der Waals surface area (Å²) in [5, 5.41) is 0.826. The molecule has 1 aliphatic carbocycles. The minimum atomic E-state index is -0.0309. The molecule has 1 aliphatic rings. The molecule has 0 saturated heterocycles. The fourth-order valence-electron chi connectivity index (χ4n) is 3.18. The SMILES string of the molecule is CC(=O)n1ccnc1-c1ccc(Cl)c(C2CCCCC2)c1. The standard InChI is InChI=1S/C17H19ClN2O/c1-12(21)20-10-9-19-17(20)14-7-8-16(18)15(11-14)13-5-3-2-4-6-13/h7-11,13H,2-6H2,1H3. The number of nitrogens with zero attached hydrogens (tertiary/aromatic N) is 2. The molecule has 21 heavy (non-hydrogen) atoms. The molecule has 110 valence electrons. The molecule has 0 radical (unpaired) electrons. The zero-order chi connectivity index (χ0) is 14.8. The normalized spacial score (nSPS) is 16.1. The first-order valence-electron chi connectivity index (χ1n) is 7.51. The third-order valence-electron chi connectivity index (χ3n) is 4.28. The van der Waals surface area contributed by atoms with Crippen molar-refractivity contribution in [3.8, 4) is 11.4 Å². The highest BCUT2D eigenvalue weighted by Gasteiger charge is 2.19. The van der Waals surface area contributed by atoms with Crippen LogP contribution in [0.25, 0.3) is 11.4 Å². The fourth-order valence-corrected chi connectivity index (χ4v) is 3.45. The molecule has 0 aliphatic heterocycles. The lowest BCUT2D eigenvalue weighted by Crippen LogP contribution is -2.08. The van der Waals surface area contributed by atoms with Crippen molar-refractivity contribution in [3.05, 3.63) is 41.2 Å². The van der Waals surface area contributed by atoms with E-state index in [0.29, 0.717) is 11.7 Å². The van der Waals surface area contributed by atoms with Crippen molar-refractivity contribution < 1.29 is 4.79 Å². The molecular weight excluding hydrogens is 284 g/mol. The van der Waals surface area contributed by atoms with E-state index in [-0.39, 0.29) is 5.91 Å². The number of aromatic nitrogens is 2. The summed E-state index contributed by atoms with van der Waals surface area (Å²) in [4.78, 5) is 16.0. The van der Waals surface area contributed by atoms with E-state index >= 15 is 0 Å². The van der Waals surface area contributed by atoms with Crippen molar-refractivity contribution in [1.82, 2.24) is 9.55 Å². The van der Waals surface area contributed by atoms with Crippen LogP contribution >= 0.6 is 11.6 Å². The Balaban J connectivity index is 2.00. The lowest BCUT2D eigenvalue weighted by Gasteiger charge is -2.23. The lowest BCUT2D eigenvalue weighted by atomic mass is 9.83. The minimum absolute atomic E-state index is 0.0309. The molecule has 0 unspecified atom stereocenters. The zero-order valence-electron chi connectivity index (χ0n) is 12.2. The predicted molar refractivity (Wildman–Crippen MR) is 84.8 cm³/mol. The Kier molecular flexibility index (Phi) is 4.11. The van der Waals surface area contributed by atoms with E-state index in [1.807, 2.05) is 12.1 Å². The summed E-state index contributed by atoms with van der Waals surface area (Å²) in [5.41, 5.74) is 2.16. The summed E-state index contributed by atoms with van der Waals surface area (Å²) in [7, 11) is 0. The Morgan fingerprint density at radius 3 is 2.76 bits per heavy atom. The molecule has 1 saturated carbocycles. The summed E-state index contributed by atoms with van der Waals surface area (Å²) >= 11 is 6.40. The van der Waals surface area contributed by atoms with Gasteiger partial charge in [0, 0.05) is 29.9 Å². The van der Waals surface area contributed by atoms with Gasteiger partial charge in [-0.2, -0.15) is 0 Å². The van der Waals surface area contributed by atoms with Gasteiger partial charge in [0.05, 0.1) is 0 Å². The molecule has 1 aromatic carbocycles. The van der Waals surface area contributed by atoms with Gasteiger partial charge in [-0.3, -0.25) is 9.36 Å².